The minimum absolute atomic E-state index is 0.392. The van der Waals surface area contributed by atoms with E-state index in [2.05, 4.69) is 32.4 Å². The molecule has 0 spiro atoms. The predicted octanol–water partition coefficient (Wildman–Crippen LogP) is 2.55. The largest absolute Gasteiger partial charge is 0.487 e. The maximum atomic E-state index is 5.78. The van der Waals surface area contributed by atoms with E-state index >= 15 is 0 Å². The first kappa shape index (κ1) is 13.1. The minimum Gasteiger partial charge on any atom is -0.487 e. The van der Waals surface area contributed by atoms with E-state index in [0.717, 1.165) is 23.6 Å². The Balaban J connectivity index is 1.74. The zero-order valence-electron chi connectivity index (χ0n) is 11.8. The second-order valence-corrected chi connectivity index (χ2v) is 5.18. The summed E-state index contributed by atoms with van der Waals surface area (Å²) >= 11 is 0. The Morgan fingerprint density at radius 2 is 2.30 bits per heavy atom. The summed E-state index contributed by atoms with van der Waals surface area (Å²) in [5.41, 5.74) is 4.29. The van der Waals surface area contributed by atoms with Crippen LogP contribution in [0.5, 0.6) is 5.75 Å². The van der Waals surface area contributed by atoms with Crippen LogP contribution in [-0.4, -0.2) is 17.4 Å². The van der Waals surface area contributed by atoms with Gasteiger partial charge in [-0.25, -0.2) is 4.63 Å². The zero-order valence-corrected chi connectivity index (χ0v) is 11.8. The fraction of sp³-hybridized carbons (Fsp3) is 0.467. The number of aromatic nitrogens is 2. The number of fused-ring (bicyclic) bond motifs is 1. The van der Waals surface area contributed by atoms with Crippen molar-refractivity contribution in [3.63, 3.8) is 0 Å². The van der Waals surface area contributed by atoms with Crippen LogP contribution in [0.25, 0.3) is 0 Å². The van der Waals surface area contributed by atoms with Crippen LogP contribution in [0.2, 0.25) is 0 Å². The number of nitrogens with one attached hydrogen (secondary N) is 1. The third kappa shape index (κ3) is 2.54. The van der Waals surface area contributed by atoms with Gasteiger partial charge in [0.1, 0.15) is 23.7 Å². The lowest BCUT2D eigenvalue weighted by molar-refractivity contribution is 0.269. The van der Waals surface area contributed by atoms with Gasteiger partial charge in [-0.3, -0.25) is 0 Å². The molecule has 5 heteroatoms. The van der Waals surface area contributed by atoms with E-state index in [1.807, 2.05) is 20.0 Å². The van der Waals surface area contributed by atoms with Crippen molar-refractivity contribution in [1.82, 2.24) is 15.6 Å². The van der Waals surface area contributed by atoms with Gasteiger partial charge in [0.05, 0.1) is 0 Å². The highest BCUT2D eigenvalue weighted by molar-refractivity contribution is 5.39. The molecule has 106 valence electrons. The molecule has 0 fully saturated rings. The highest BCUT2D eigenvalue weighted by atomic mass is 16.6. The molecular formula is C15H19N3O2. The zero-order chi connectivity index (χ0) is 13.9. The number of hydrogen-bond donors (Lipinski definition) is 1. The lowest BCUT2D eigenvalue weighted by Gasteiger charge is -2.25. The Labute approximate surface area is 118 Å². The second kappa shape index (κ2) is 5.63. The molecule has 1 aliphatic carbocycles. The molecule has 1 aliphatic rings. The van der Waals surface area contributed by atoms with Crippen molar-refractivity contribution < 1.29 is 9.37 Å². The summed E-state index contributed by atoms with van der Waals surface area (Å²) in [5, 5.41) is 10.9. The average molecular weight is 273 g/mol. The van der Waals surface area contributed by atoms with Gasteiger partial charge in [0.25, 0.3) is 0 Å². The van der Waals surface area contributed by atoms with Gasteiger partial charge in [-0.1, -0.05) is 16.4 Å². The van der Waals surface area contributed by atoms with Crippen LogP contribution in [0, 0.1) is 6.92 Å². The predicted molar refractivity (Wildman–Crippen MR) is 74.5 cm³/mol. The lowest BCUT2D eigenvalue weighted by Crippen LogP contribution is -2.21. The van der Waals surface area contributed by atoms with Crippen molar-refractivity contribution in [3.8, 4) is 5.75 Å². The van der Waals surface area contributed by atoms with E-state index in [4.69, 9.17) is 4.74 Å². The highest BCUT2D eigenvalue weighted by Crippen LogP contribution is 2.32. The molecule has 1 aromatic carbocycles. The van der Waals surface area contributed by atoms with Crippen LogP contribution >= 0.6 is 0 Å². The average Bonchev–Trinajstić information content (AvgIpc) is 2.89. The molecule has 0 saturated heterocycles. The molecule has 0 aliphatic heterocycles. The summed E-state index contributed by atoms with van der Waals surface area (Å²) in [4.78, 5) is 0. The number of nitrogens with zero attached hydrogens (tertiary/aromatic N) is 2. The topological polar surface area (TPSA) is 60.2 Å². The maximum Gasteiger partial charge on any atom is 0.145 e. The van der Waals surface area contributed by atoms with Crippen molar-refractivity contribution in [2.75, 3.05) is 7.05 Å². The molecule has 5 nitrogen and oxygen atoms in total. The van der Waals surface area contributed by atoms with Crippen LogP contribution in [0.4, 0.5) is 0 Å². The molecule has 2 aromatic rings. The molecule has 1 N–H and O–H groups in total. The number of aryl methyl sites for hydroxylation is 2. The van der Waals surface area contributed by atoms with Crippen LogP contribution in [0.1, 0.15) is 41.4 Å². The summed E-state index contributed by atoms with van der Waals surface area (Å²) in [5.74, 6) is 0.878. The van der Waals surface area contributed by atoms with Crippen LogP contribution in [0.15, 0.2) is 22.8 Å². The van der Waals surface area contributed by atoms with Gasteiger partial charge in [-0.15, -0.1) is 0 Å². The molecule has 1 aromatic heterocycles. The quantitative estimate of drug-likeness (QED) is 0.927. The first-order valence-electron chi connectivity index (χ1n) is 6.99. The van der Waals surface area contributed by atoms with Crippen molar-refractivity contribution >= 4 is 0 Å². The van der Waals surface area contributed by atoms with Crippen molar-refractivity contribution in [1.29, 1.82) is 0 Å². The maximum absolute atomic E-state index is 5.78. The van der Waals surface area contributed by atoms with Gasteiger partial charge in [-0.05, 0) is 56.5 Å². The number of ether oxygens (including phenoxy) is 1. The van der Waals surface area contributed by atoms with Gasteiger partial charge in [0, 0.05) is 6.04 Å². The van der Waals surface area contributed by atoms with Crippen molar-refractivity contribution in [2.45, 2.75) is 38.8 Å². The molecule has 0 saturated carbocycles. The first-order valence-corrected chi connectivity index (χ1v) is 6.99. The Bertz CT molecular complexity index is 595. The molecule has 0 radical (unpaired) electrons. The first-order chi connectivity index (χ1) is 9.78. The van der Waals surface area contributed by atoms with E-state index in [1.165, 1.54) is 24.0 Å². The van der Waals surface area contributed by atoms with E-state index < -0.39 is 0 Å². The van der Waals surface area contributed by atoms with Gasteiger partial charge in [-0.2, -0.15) is 0 Å². The van der Waals surface area contributed by atoms with Crippen LogP contribution < -0.4 is 10.1 Å². The molecule has 3 rings (SSSR count). The molecule has 1 heterocycles. The number of benzene rings is 1. The number of hydrogen-bond acceptors (Lipinski definition) is 5. The monoisotopic (exact) mass is 273 g/mol. The smallest absolute Gasteiger partial charge is 0.145 e. The Kier molecular flexibility index (Phi) is 3.69. The fourth-order valence-corrected chi connectivity index (χ4v) is 2.71. The molecule has 1 unspecified atom stereocenters. The van der Waals surface area contributed by atoms with Gasteiger partial charge in [0.2, 0.25) is 0 Å². The van der Waals surface area contributed by atoms with Gasteiger partial charge >= 0.3 is 0 Å². The molecular weight excluding hydrogens is 254 g/mol. The van der Waals surface area contributed by atoms with Crippen molar-refractivity contribution in [2.24, 2.45) is 0 Å². The lowest BCUT2D eigenvalue weighted by atomic mass is 9.87. The van der Waals surface area contributed by atoms with Crippen LogP contribution in [0.3, 0.4) is 0 Å². The fourth-order valence-electron chi connectivity index (χ4n) is 2.71. The second-order valence-electron chi connectivity index (χ2n) is 5.18. The molecule has 1 atom stereocenters. The Hall–Kier alpha value is -1.88. The van der Waals surface area contributed by atoms with E-state index in [0.29, 0.717) is 12.6 Å². The standard InChI is InChI=1S/C15H19N3O2/c1-10-15(18-20-17-10)9-19-12-6-7-13-11(8-12)4-3-5-14(13)16-2/h6-8,14,16H,3-5,9H2,1-2H3. The summed E-state index contributed by atoms with van der Waals surface area (Å²) in [7, 11) is 2.02. The van der Waals surface area contributed by atoms with E-state index in [-0.39, 0.29) is 0 Å². The third-order valence-corrected chi connectivity index (χ3v) is 3.90. The summed E-state index contributed by atoms with van der Waals surface area (Å²) < 4.78 is 10.4. The Morgan fingerprint density at radius 1 is 1.40 bits per heavy atom. The van der Waals surface area contributed by atoms with Gasteiger partial charge < -0.3 is 10.1 Å². The minimum atomic E-state index is 0.392. The summed E-state index contributed by atoms with van der Waals surface area (Å²) in [6, 6.07) is 6.80. The van der Waals surface area contributed by atoms with E-state index in [9.17, 15) is 0 Å². The van der Waals surface area contributed by atoms with E-state index in [1.54, 1.807) is 0 Å². The molecule has 0 amide bonds. The highest BCUT2D eigenvalue weighted by Gasteiger charge is 2.19. The molecule has 20 heavy (non-hydrogen) atoms. The molecule has 0 bridgehead atoms. The summed E-state index contributed by atoms with van der Waals surface area (Å²) in [6.45, 7) is 2.25. The number of rotatable bonds is 4. The van der Waals surface area contributed by atoms with Crippen molar-refractivity contribution in [3.05, 3.63) is 40.7 Å². The third-order valence-electron chi connectivity index (χ3n) is 3.90. The van der Waals surface area contributed by atoms with Gasteiger partial charge in [0.15, 0.2) is 0 Å². The normalized spacial score (nSPS) is 17.8. The Morgan fingerprint density at radius 3 is 3.05 bits per heavy atom. The summed E-state index contributed by atoms with van der Waals surface area (Å²) in [6.07, 6.45) is 3.54. The SMILES string of the molecule is CNC1CCCc2cc(OCc3nonc3C)ccc21. The van der Waals surface area contributed by atoms with Crippen LogP contribution in [-0.2, 0) is 13.0 Å².